The number of rotatable bonds is 1. The van der Waals surface area contributed by atoms with Crippen molar-refractivity contribution in [3.8, 4) is 0 Å². The number of carbonyl (C=O) groups excluding carboxylic acids is 1. The Kier molecular flexibility index (Phi) is 3.74. The van der Waals surface area contributed by atoms with E-state index in [2.05, 4.69) is 25.9 Å². The quantitative estimate of drug-likeness (QED) is 0.808. The van der Waals surface area contributed by atoms with Gasteiger partial charge in [0.25, 0.3) is 5.91 Å². The molecule has 1 amide bonds. The third kappa shape index (κ3) is 2.87. The Labute approximate surface area is 135 Å². The number of aryl methyl sites for hydroxylation is 2. The van der Waals surface area contributed by atoms with Crippen molar-refractivity contribution in [2.75, 3.05) is 11.4 Å². The Morgan fingerprint density at radius 3 is 2.65 bits per heavy atom. The van der Waals surface area contributed by atoms with E-state index in [1.54, 1.807) is 22.7 Å². The van der Waals surface area contributed by atoms with Crippen molar-refractivity contribution in [1.82, 2.24) is 9.78 Å². The van der Waals surface area contributed by atoms with Gasteiger partial charge in [-0.25, -0.2) is 4.39 Å². The average Bonchev–Trinajstić information content (AvgIpc) is 2.87. The molecular weight excluding hydrogens is 293 g/mol. The molecule has 0 N–H and O–H groups in total. The van der Waals surface area contributed by atoms with Crippen LogP contribution >= 0.6 is 0 Å². The molecule has 4 nitrogen and oxygen atoms in total. The number of carbonyl (C=O) groups is 1. The van der Waals surface area contributed by atoms with Crippen LogP contribution in [0.4, 0.5) is 10.1 Å². The molecule has 2 aromatic rings. The highest BCUT2D eigenvalue weighted by Crippen LogP contribution is 2.30. The fourth-order valence-corrected chi connectivity index (χ4v) is 2.95. The molecule has 0 fully saturated rings. The van der Waals surface area contributed by atoms with Crippen molar-refractivity contribution < 1.29 is 9.18 Å². The van der Waals surface area contributed by atoms with Crippen LogP contribution in [-0.4, -0.2) is 22.2 Å². The third-order valence-electron chi connectivity index (χ3n) is 4.27. The first-order valence-electron chi connectivity index (χ1n) is 7.92. The van der Waals surface area contributed by atoms with Gasteiger partial charge in [0, 0.05) is 24.7 Å². The van der Waals surface area contributed by atoms with E-state index in [1.807, 2.05) is 6.07 Å². The number of hydrogen-bond acceptors (Lipinski definition) is 2. The predicted octanol–water partition coefficient (Wildman–Crippen LogP) is 3.45. The molecule has 0 aliphatic carbocycles. The molecule has 5 heteroatoms. The lowest BCUT2D eigenvalue weighted by Gasteiger charge is -2.29. The maximum atomic E-state index is 13.4. The summed E-state index contributed by atoms with van der Waals surface area (Å²) in [5.41, 5.74) is 3.04. The van der Waals surface area contributed by atoms with Gasteiger partial charge in [0.05, 0.1) is 5.69 Å². The standard InChI is InChI=1S/C18H22FN3O/c1-18(2,3)16-11-15(21(4)20-16)17(23)22-9-5-6-12-10-13(19)7-8-14(12)22/h7-8,10-11H,5-6,9H2,1-4H3. The number of hydrogen-bond donors (Lipinski definition) is 0. The van der Waals surface area contributed by atoms with Crippen molar-refractivity contribution in [2.45, 2.75) is 39.0 Å². The van der Waals surface area contributed by atoms with Crippen molar-refractivity contribution in [3.63, 3.8) is 0 Å². The summed E-state index contributed by atoms with van der Waals surface area (Å²) < 4.78 is 15.1. The number of amides is 1. The summed E-state index contributed by atoms with van der Waals surface area (Å²) in [4.78, 5) is 14.7. The first-order chi connectivity index (χ1) is 10.8. The molecule has 0 bridgehead atoms. The zero-order valence-corrected chi connectivity index (χ0v) is 14.1. The van der Waals surface area contributed by atoms with E-state index in [-0.39, 0.29) is 17.1 Å². The number of fused-ring (bicyclic) bond motifs is 1. The summed E-state index contributed by atoms with van der Waals surface area (Å²) in [5, 5.41) is 4.48. The van der Waals surface area contributed by atoms with Crippen LogP contribution in [0.2, 0.25) is 0 Å². The fraction of sp³-hybridized carbons (Fsp3) is 0.444. The van der Waals surface area contributed by atoms with Gasteiger partial charge < -0.3 is 4.90 Å². The minimum Gasteiger partial charge on any atom is -0.307 e. The molecule has 122 valence electrons. The number of halogens is 1. The van der Waals surface area contributed by atoms with Gasteiger partial charge >= 0.3 is 0 Å². The second kappa shape index (κ2) is 5.48. The highest BCUT2D eigenvalue weighted by molar-refractivity contribution is 6.05. The molecule has 0 saturated heterocycles. The Morgan fingerprint density at radius 2 is 2.00 bits per heavy atom. The van der Waals surface area contributed by atoms with Crippen LogP contribution in [0.5, 0.6) is 0 Å². The first kappa shape index (κ1) is 15.7. The van der Waals surface area contributed by atoms with Gasteiger partial charge in [0.2, 0.25) is 0 Å². The second-order valence-electron chi connectivity index (χ2n) is 7.12. The molecule has 0 spiro atoms. The van der Waals surface area contributed by atoms with Gasteiger partial charge in [0.15, 0.2) is 0 Å². The summed E-state index contributed by atoms with van der Waals surface area (Å²) in [6, 6.07) is 6.50. The van der Waals surface area contributed by atoms with Crippen molar-refractivity contribution in [3.05, 3.63) is 47.0 Å². The molecule has 1 aromatic carbocycles. The molecule has 0 saturated carbocycles. The van der Waals surface area contributed by atoms with Crippen LogP contribution < -0.4 is 4.90 Å². The van der Waals surface area contributed by atoms with E-state index in [1.165, 1.54) is 12.1 Å². The summed E-state index contributed by atoms with van der Waals surface area (Å²) in [6.45, 7) is 6.86. The second-order valence-corrected chi connectivity index (χ2v) is 7.12. The summed E-state index contributed by atoms with van der Waals surface area (Å²) in [7, 11) is 1.79. The molecule has 2 heterocycles. The minimum atomic E-state index is -0.256. The SMILES string of the molecule is Cn1nc(C(C)(C)C)cc1C(=O)N1CCCc2cc(F)ccc21. The number of benzene rings is 1. The van der Waals surface area contributed by atoms with Crippen LogP contribution in [-0.2, 0) is 18.9 Å². The van der Waals surface area contributed by atoms with Crippen molar-refractivity contribution >= 4 is 11.6 Å². The van der Waals surface area contributed by atoms with Crippen LogP contribution in [0.15, 0.2) is 24.3 Å². The molecule has 23 heavy (non-hydrogen) atoms. The average molecular weight is 315 g/mol. The Morgan fingerprint density at radius 1 is 1.26 bits per heavy atom. The molecule has 1 aliphatic rings. The molecule has 3 rings (SSSR count). The van der Waals surface area contributed by atoms with Crippen molar-refractivity contribution in [2.24, 2.45) is 7.05 Å². The van der Waals surface area contributed by atoms with E-state index in [0.29, 0.717) is 12.2 Å². The zero-order chi connectivity index (χ0) is 16.8. The maximum Gasteiger partial charge on any atom is 0.276 e. The largest absolute Gasteiger partial charge is 0.307 e. The number of anilines is 1. The van der Waals surface area contributed by atoms with Gasteiger partial charge in [-0.15, -0.1) is 0 Å². The van der Waals surface area contributed by atoms with E-state index in [9.17, 15) is 9.18 Å². The zero-order valence-electron chi connectivity index (χ0n) is 14.1. The van der Waals surface area contributed by atoms with Gasteiger partial charge in [-0.1, -0.05) is 20.8 Å². The van der Waals surface area contributed by atoms with E-state index in [4.69, 9.17) is 0 Å². The van der Waals surface area contributed by atoms with E-state index in [0.717, 1.165) is 29.8 Å². The predicted molar refractivity (Wildman–Crippen MR) is 88.3 cm³/mol. The summed E-state index contributed by atoms with van der Waals surface area (Å²) in [6.07, 6.45) is 1.64. The lowest BCUT2D eigenvalue weighted by Crippen LogP contribution is -2.36. The Hall–Kier alpha value is -2.17. The highest BCUT2D eigenvalue weighted by atomic mass is 19.1. The number of nitrogens with zero attached hydrogens (tertiary/aromatic N) is 3. The maximum absolute atomic E-state index is 13.4. The van der Waals surface area contributed by atoms with Gasteiger partial charge in [-0.3, -0.25) is 9.48 Å². The Balaban J connectivity index is 1.98. The molecule has 1 aromatic heterocycles. The molecule has 0 radical (unpaired) electrons. The van der Waals surface area contributed by atoms with Gasteiger partial charge in [-0.05, 0) is 42.7 Å². The van der Waals surface area contributed by atoms with Crippen LogP contribution in [0, 0.1) is 5.82 Å². The minimum absolute atomic E-state index is 0.0805. The summed E-state index contributed by atoms with van der Waals surface area (Å²) >= 11 is 0. The monoisotopic (exact) mass is 315 g/mol. The smallest absolute Gasteiger partial charge is 0.276 e. The number of aromatic nitrogens is 2. The topological polar surface area (TPSA) is 38.1 Å². The highest BCUT2D eigenvalue weighted by Gasteiger charge is 2.28. The molecule has 0 atom stereocenters. The molecule has 0 unspecified atom stereocenters. The van der Waals surface area contributed by atoms with Crippen molar-refractivity contribution in [1.29, 1.82) is 0 Å². The Bertz CT molecular complexity index is 758. The third-order valence-corrected chi connectivity index (χ3v) is 4.27. The lowest BCUT2D eigenvalue weighted by atomic mass is 9.92. The first-order valence-corrected chi connectivity index (χ1v) is 7.92. The van der Waals surface area contributed by atoms with Gasteiger partial charge in [-0.2, -0.15) is 5.10 Å². The summed E-state index contributed by atoms with van der Waals surface area (Å²) in [5.74, 6) is -0.336. The van der Waals surface area contributed by atoms with Crippen LogP contribution in [0.25, 0.3) is 0 Å². The van der Waals surface area contributed by atoms with E-state index >= 15 is 0 Å². The lowest BCUT2D eigenvalue weighted by molar-refractivity contribution is 0.0976. The van der Waals surface area contributed by atoms with Crippen LogP contribution in [0.3, 0.4) is 0 Å². The van der Waals surface area contributed by atoms with Gasteiger partial charge in [0.1, 0.15) is 11.5 Å². The molecule has 1 aliphatic heterocycles. The molecular formula is C18H22FN3O. The normalized spacial score (nSPS) is 14.7. The van der Waals surface area contributed by atoms with Crippen LogP contribution in [0.1, 0.15) is 48.9 Å². The fourth-order valence-electron chi connectivity index (χ4n) is 2.95. The van der Waals surface area contributed by atoms with E-state index < -0.39 is 0 Å².